The first-order valence-corrected chi connectivity index (χ1v) is 8.82. The van der Waals surface area contributed by atoms with Gasteiger partial charge in [0.1, 0.15) is 22.9 Å². The minimum Gasteiger partial charge on any atom is -0.497 e. The number of anilines is 1. The van der Waals surface area contributed by atoms with E-state index in [-0.39, 0.29) is 12.5 Å². The predicted molar refractivity (Wildman–Crippen MR) is 107 cm³/mol. The van der Waals surface area contributed by atoms with Crippen molar-refractivity contribution < 1.29 is 19.0 Å². The molecule has 6 heteroatoms. The summed E-state index contributed by atoms with van der Waals surface area (Å²) in [4.78, 5) is 16.6. The molecule has 1 amide bonds. The molecule has 1 N–H and O–H groups in total. The van der Waals surface area contributed by atoms with Crippen molar-refractivity contribution in [2.75, 3.05) is 19.0 Å². The number of aromatic nitrogens is 1. The number of aryl methyl sites for hydroxylation is 2. The van der Waals surface area contributed by atoms with Gasteiger partial charge in [-0.15, -0.1) is 0 Å². The average molecular weight is 378 g/mol. The van der Waals surface area contributed by atoms with Crippen molar-refractivity contribution in [1.29, 1.82) is 0 Å². The predicted octanol–water partition coefficient (Wildman–Crippen LogP) is 4.52. The van der Waals surface area contributed by atoms with Gasteiger partial charge >= 0.3 is 0 Å². The van der Waals surface area contributed by atoms with E-state index in [2.05, 4.69) is 10.3 Å². The number of methoxy groups -OCH3 is 1. The summed E-state index contributed by atoms with van der Waals surface area (Å²) in [6.45, 7) is 3.78. The molecule has 0 spiro atoms. The van der Waals surface area contributed by atoms with E-state index in [0.717, 1.165) is 22.6 Å². The Balaban J connectivity index is 1.66. The molecule has 3 aromatic rings. The largest absolute Gasteiger partial charge is 0.497 e. The molecular formula is C22H22N2O4. The maximum absolute atomic E-state index is 12.4. The second kappa shape index (κ2) is 8.90. The Morgan fingerprint density at radius 2 is 1.64 bits per heavy atom. The molecule has 0 fully saturated rings. The van der Waals surface area contributed by atoms with Gasteiger partial charge in [-0.25, -0.2) is 4.98 Å². The van der Waals surface area contributed by atoms with Gasteiger partial charge in [-0.05, 0) is 61.4 Å². The molecule has 0 aliphatic rings. The summed E-state index contributed by atoms with van der Waals surface area (Å²) in [6.07, 6.45) is 1.60. The van der Waals surface area contributed by atoms with Crippen LogP contribution in [0.15, 0.2) is 60.8 Å². The highest BCUT2D eigenvalue weighted by Crippen LogP contribution is 2.28. The molecule has 0 aliphatic heterocycles. The Morgan fingerprint density at radius 1 is 0.964 bits per heavy atom. The molecule has 2 aromatic carbocycles. The number of rotatable bonds is 7. The number of para-hydroxylation sites is 1. The molecule has 0 saturated heterocycles. The zero-order valence-corrected chi connectivity index (χ0v) is 16.1. The van der Waals surface area contributed by atoms with Crippen molar-refractivity contribution in [3.05, 3.63) is 71.9 Å². The van der Waals surface area contributed by atoms with Crippen LogP contribution in [0.4, 0.5) is 5.69 Å². The van der Waals surface area contributed by atoms with Crippen molar-refractivity contribution in [2.24, 2.45) is 0 Å². The summed E-state index contributed by atoms with van der Waals surface area (Å²) < 4.78 is 16.6. The highest BCUT2D eigenvalue weighted by Gasteiger charge is 2.12. The minimum atomic E-state index is -0.296. The number of nitrogens with zero attached hydrogens (tertiary/aromatic N) is 1. The minimum absolute atomic E-state index is 0.109. The van der Waals surface area contributed by atoms with E-state index in [9.17, 15) is 4.79 Å². The summed E-state index contributed by atoms with van der Waals surface area (Å²) in [6, 6.07) is 16.4. The SMILES string of the molecule is COc1ccc(Oc2ncccc2NC(=O)COc2c(C)cccc2C)cc1. The highest BCUT2D eigenvalue weighted by molar-refractivity contribution is 5.93. The van der Waals surface area contributed by atoms with Gasteiger partial charge in [-0.1, -0.05) is 18.2 Å². The third kappa shape index (κ3) is 4.79. The summed E-state index contributed by atoms with van der Waals surface area (Å²) in [7, 11) is 1.60. The van der Waals surface area contributed by atoms with Gasteiger partial charge in [-0.3, -0.25) is 4.79 Å². The molecule has 0 unspecified atom stereocenters. The lowest BCUT2D eigenvalue weighted by atomic mass is 10.1. The third-order valence-corrected chi connectivity index (χ3v) is 4.08. The number of carbonyl (C=O) groups is 1. The molecule has 0 saturated carbocycles. The number of benzene rings is 2. The fourth-order valence-corrected chi connectivity index (χ4v) is 2.67. The second-order valence-corrected chi connectivity index (χ2v) is 6.19. The number of amides is 1. The average Bonchev–Trinajstić information content (AvgIpc) is 2.70. The monoisotopic (exact) mass is 378 g/mol. The lowest BCUT2D eigenvalue weighted by Gasteiger charge is -2.13. The van der Waals surface area contributed by atoms with Crippen LogP contribution >= 0.6 is 0 Å². The van der Waals surface area contributed by atoms with Gasteiger partial charge in [-0.2, -0.15) is 0 Å². The number of nitrogens with one attached hydrogen (secondary N) is 1. The third-order valence-electron chi connectivity index (χ3n) is 4.08. The van der Waals surface area contributed by atoms with E-state index >= 15 is 0 Å². The van der Waals surface area contributed by atoms with Crippen molar-refractivity contribution in [2.45, 2.75) is 13.8 Å². The van der Waals surface area contributed by atoms with Crippen molar-refractivity contribution in [3.8, 4) is 23.1 Å². The van der Waals surface area contributed by atoms with E-state index in [1.807, 2.05) is 32.0 Å². The van der Waals surface area contributed by atoms with Crippen molar-refractivity contribution >= 4 is 11.6 Å². The lowest BCUT2D eigenvalue weighted by Crippen LogP contribution is -2.21. The molecule has 0 radical (unpaired) electrons. The molecule has 0 bridgehead atoms. The first kappa shape index (κ1) is 19.2. The van der Waals surface area contributed by atoms with E-state index in [4.69, 9.17) is 14.2 Å². The number of pyridine rings is 1. The van der Waals surface area contributed by atoms with Gasteiger partial charge in [0, 0.05) is 6.20 Å². The van der Waals surface area contributed by atoms with E-state index < -0.39 is 0 Å². The highest BCUT2D eigenvalue weighted by atomic mass is 16.5. The zero-order chi connectivity index (χ0) is 19.9. The van der Waals surface area contributed by atoms with Crippen LogP contribution in [0.1, 0.15) is 11.1 Å². The summed E-state index contributed by atoms with van der Waals surface area (Å²) in [5.41, 5.74) is 2.43. The number of ether oxygens (including phenoxy) is 3. The Bertz CT molecular complexity index is 935. The maximum atomic E-state index is 12.4. The first-order valence-electron chi connectivity index (χ1n) is 8.82. The van der Waals surface area contributed by atoms with Gasteiger partial charge in [0.2, 0.25) is 5.88 Å². The number of hydrogen-bond donors (Lipinski definition) is 1. The molecule has 1 heterocycles. The maximum Gasteiger partial charge on any atom is 0.262 e. The van der Waals surface area contributed by atoms with E-state index in [1.165, 1.54) is 0 Å². The quantitative estimate of drug-likeness (QED) is 0.655. The topological polar surface area (TPSA) is 69.7 Å². The summed E-state index contributed by atoms with van der Waals surface area (Å²) >= 11 is 0. The van der Waals surface area contributed by atoms with Crippen molar-refractivity contribution in [3.63, 3.8) is 0 Å². The van der Waals surface area contributed by atoms with Crippen LogP contribution in [0.3, 0.4) is 0 Å². The van der Waals surface area contributed by atoms with E-state index in [0.29, 0.717) is 17.3 Å². The van der Waals surface area contributed by atoms with Gasteiger partial charge in [0.25, 0.3) is 5.91 Å². The molecule has 0 aliphatic carbocycles. The zero-order valence-electron chi connectivity index (χ0n) is 16.1. The van der Waals surface area contributed by atoms with Crippen LogP contribution in [-0.2, 0) is 4.79 Å². The molecule has 28 heavy (non-hydrogen) atoms. The Morgan fingerprint density at radius 3 is 2.32 bits per heavy atom. The van der Waals surface area contributed by atoms with Gasteiger partial charge in [0.05, 0.1) is 7.11 Å². The number of hydrogen-bond acceptors (Lipinski definition) is 5. The summed E-state index contributed by atoms with van der Waals surface area (Å²) in [5.74, 6) is 2.04. The Kier molecular flexibility index (Phi) is 6.11. The summed E-state index contributed by atoms with van der Waals surface area (Å²) in [5, 5.41) is 2.79. The normalized spacial score (nSPS) is 10.2. The molecule has 6 nitrogen and oxygen atoms in total. The Hall–Kier alpha value is -3.54. The molecule has 1 aromatic heterocycles. The lowest BCUT2D eigenvalue weighted by molar-refractivity contribution is -0.118. The fraction of sp³-hybridized carbons (Fsp3) is 0.182. The van der Waals surface area contributed by atoms with Crippen LogP contribution < -0.4 is 19.5 Å². The van der Waals surface area contributed by atoms with Gasteiger partial charge in [0.15, 0.2) is 6.61 Å². The van der Waals surface area contributed by atoms with Gasteiger partial charge < -0.3 is 19.5 Å². The molecule has 0 atom stereocenters. The molecular weight excluding hydrogens is 356 g/mol. The van der Waals surface area contributed by atoms with Crippen LogP contribution in [0.2, 0.25) is 0 Å². The van der Waals surface area contributed by atoms with Crippen LogP contribution in [0, 0.1) is 13.8 Å². The Labute approximate surface area is 164 Å². The first-order chi connectivity index (χ1) is 13.6. The van der Waals surface area contributed by atoms with Crippen LogP contribution in [-0.4, -0.2) is 24.6 Å². The van der Waals surface area contributed by atoms with Crippen LogP contribution in [0.5, 0.6) is 23.1 Å². The second-order valence-electron chi connectivity index (χ2n) is 6.19. The molecule has 144 valence electrons. The molecule has 3 rings (SSSR count). The standard InChI is InChI=1S/C22H22N2O4/c1-15-6-4-7-16(2)21(15)27-14-20(25)24-19-8-5-13-23-22(19)28-18-11-9-17(26-3)10-12-18/h4-13H,14H2,1-3H3,(H,24,25). The number of carbonyl (C=O) groups excluding carboxylic acids is 1. The smallest absolute Gasteiger partial charge is 0.262 e. The van der Waals surface area contributed by atoms with E-state index in [1.54, 1.807) is 49.7 Å². The van der Waals surface area contributed by atoms with Crippen molar-refractivity contribution in [1.82, 2.24) is 4.98 Å². The fourth-order valence-electron chi connectivity index (χ4n) is 2.67. The van der Waals surface area contributed by atoms with Crippen LogP contribution in [0.25, 0.3) is 0 Å².